The van der Waals surface area contributed by atoms with E-state index in [1.165, 1.54) is 0 Å². The summed E-state index contributed by atoms with van der Waals surface area (Å²) in [6.45, 7) is 0. The first kappa shape index (κ1) is 14.7. The molecule has 0 atom stereocenters. The standard InChI is InChI=1S/C18H13BrN2OS/c1-23-18-14-10-12-9-13(19)7-8-15(12)22-17(14)20-16(21-18)11-5-3-2-4-6-11/h2-9H,10H2,1H3. The smallest absolute Gasteiger partial charge is 0.227 e. The molecule has 0 spiro atoms. The van der Waals surface area contributed by atoms with Crippen molar-refractivity contribution < 1.29 is 4.74 Å². The molecule has 0 unspecified atom stereocenters. The fraction of sp³-hybridized carbons (Fsp3) is 0.111. The number of fused-ring (bicyclic) bond motifs is 2. The Hall–Kier alpha value is -1.85. The Labute approximate surface area is 147 Å². The minimum atomic E-state index is 0.665. The fourth-order valence-corrected chi connectivity index (χ4v) is 3.64. The number of rotatable bonds is 2. The molecule has 2 aromatic carbocycles. The van der Waals surface area contributed by atoms with E-state index in [2.05, 4.69) is 27.0 Å². The molecule has 0 saturated heterocycles. The first-order chi connectivity index (χ1) is 11.2. The van der Waals surface area contributed by atoms with Gasteiger partial charge in [-0.3, -0.25) is 0 Å². The van der Waals surface area contributed by atoms with Crippen molar-refractivity contribution in [1.82, 2.24) is 9.97 Å². The van der Waals surface area contributed by atoms with Gasteiger partial charge in [-0.2, -0.15) is 4.98 Å². The maximum Gasteiger partial charge on any atom is 0.227 e. The van der Waals surface area contributed by atoms with Crippen LogP contribution in [0.25, 0.3) is 11.4 Å². The van der Waals surface area contributed by atoms with Crippen molar-refractivity contribution in [2.45, 2.75) is 11.4 Å². The summed E-state index contributed by atoms with van der Waals surface area (Å²) in [5, 5.41) is 0.972. The van der Waals surface area contributed by atoms with Gasteiger partial charge in [-0.05, 0) is 24.5 Å². The first-order valence-electron chi connectivity index (χ1n) is 7.21. The number of nitrogens with zero attached hydrogens (tertiary/aromatic N) is 2. The Morgan fingerprint density at radius 1 is 1.09 bits per heavy atom. The Morgan fingerprint density at radius 3 is 2.70 bits per heavy atom. The molecule has 3 aromatic rings. The molecule has 0 aliphatic carbocycles. The normalized spacial score (nSPS) is 12.3. The third-order valence-corrected chi connectivity index (χ3v) is 4.97. The summed E-state index contributed by atoms with van der Waals surface area (Å²) >= 11 is 5.14. The van der Waals surface area contributed by atoms with Crippen molar-refractivity contribution in [3.63, 3.8) is 0 Å². The minimum Gasteiger partial charge on any atom is -0.438 e. The van der Waals surface area contributed by atoms with Gasteiger partial charge in [-0.1, -0.05) is 46.3 Å². The summed E-state index contributed by atoms with van der Waals surface area (Å²) in [5.74, 6) is 2.23. The second kappa shape index (κ2) is 5.98. The predicted molar refractivity (Wildman–Crippen MR) is 96.3 cm³/mol. The molecule has 5 heteroatoms. The quantitative estimate of drug-likeness (QED) is 0.345. The Balaban J connectivity index is 1.84. The zero-order chi connectivity index (χ0) is 15.8. The van der Waals surface area contributed by atoms with Gasteiger partial charge >= 0.3 is 0 Å². The maximum atomic E-state index is 6.05. The van der Waals surface area contributed by atoms with Crippen molar-refractivity contribution in [3.8, 4) is 23.0 Å². The van der Waals surface area contributed by atoms with E-state index in [4.69, 9.17) is 9.72 Å². The molecule has 1 aromatic heterocycles. The zero-order valence-corrected chi connectivity index (χ0v) is 14.8. The van der Waals surface area contributed by atoms with Crippen LogP contribution >= 0.6 is 27.7 Å². The topological polar surface area (TPSA) is 35.0 Å². The summed E-state index contributed by atoms with van der Waals surface area (Å²) in [6.07, 6.45) is 2.82. The lowest BCUT2D eigenvalue weighted by atomic mass is 10.0. The van der Waals surface area contributed by atoms with E-state index in [1.54, 1.807) is 11.8 Å². The van der Waals surface area contributed by atoms with Crippen LogP contribution in [-0.4, -0.2) is 16.2 Å². The summed E-state index contributed by atoms with van der Waals surface area (Å²) in [6, 6.07) is 16.0. The molecule has 4 rings (SSSR count). The average Bonchev–Trinajstić information content (AvgIpc) is 2.60. The van der Waals surface area contributed by atoms with Gasteiger partial charge < -0.3 is 4.74 Å². The summed E-state index contributed by atoms with van der Waals surface area (Å²) in [7, 11) is 0. The van der Waals surface area contributed by atoms with Gasteiger partial charge in [0.05, 0.1) is 5.56 Å². The molecule has 0 saturated carbocycles. The van der Waals surface area contributed by atoms with Crippen LogP contribution in [0.5, 0.6) is 11.6 Å². The number of halogens is 1. The van der Waals surface area contributed by atoms with Gasteiger partial charge in [-0.15, -0.1) is 11.8 Å². The summed E-state index contributed by atoms with van der Waals surface area (Å²) < 4.78 is 7.10. The van der Waals surface area contributed by atoms with Crippen LogP contribution in [0.3, 0.4) is 0 Å². The van der Waals surface area contributed by atoms with Crippen LogP contribution in [0.4, 0.5) is 0 Å². The maximum absolute atomic E-state index is 6.05. The fourth-order valence-electron chi connectivity index (χ4n) is 2.64. The van der Waals surface area contributed by atoms with Crippen LogP contribution in [0.15, 0.2) is 58.0 Å². The summed E-state index contributed by atoms with van der Waals surface area (Å²) in [5.41, 5.74) is 3.21. The van der Waals surface area contributed by atoms with E-state index >= 15 is 0 Å². The molecule has 3 nitrogen and oxygen atoms in total. The van der Waals surface area contributed by atoms with Gasteiger partial charge in [0.1, 0.15) is 10.8 Å². The van der Waals surface area contributed by atoms with E-state index in [9.17, 15) is 0 Å². The monoisotopic (exact) mass is 384 g/mol. The van der Waals surface area contributed by atoms with E-state index in [0.717, 1.165) is 38.4 Å². The van der Waals surface area contributed by atoms with Gasteiger partial charge in [0.15, 0.2) is 5.82 Å². The van der Waals surface area contributed by atoms with Crippen LogP contribution in [0.1, 0.15) is 11.1 Å². The van der Waals surface area contributed by atoms with Gasteiger partial charge in [-0.25, -0.2) is 4.98 Å². The minimum absolute atomic E-state index is 0.665. The molecule has 0 amide bonds. The average molecular weight is 385 g/mol. The number of hydrogen-bond donors (Lipinski definition) is 0. The molecule has 0 N–H and O–H groups in total. The molecule has 0 radical (unpaired) electrons. The van der Waals surface area contributed by atoms with Crippen LogP contribution in [-0.2, 0) is 6.42 Å². The SMILES string of the molecule is CSc1nc(-c2ccccc2)nc2c1Cc1cc(Br)ccc1O2. The molecule has 0 bridgehead atoms. The highest BCUT2D eigenvalue weighted by atomic mass is 79.9. The number of hydrogen-bond acceptors (Lipinski definition) is 4. The van der Waals surface area contributed by atoms with Crippen molar-refractivity contribution in [1.29, 1.82) is 0 Å². The summed E-state index contributed by atoms with van der Waals surface area (Å²) in [4.78, 5) is 9.39. The van der Waals surface area contributed by atoms with Crippen LogP contribution in [0.2, 0.25) is 0 Å². The molecule has 114 valence electrons. The first-order valence-corrected chi connectivity index (χ1v) is 9.23. The van der Waals surface area contributed by atoms with E-state index in [0.29, 0.717) is 11.7 Å². The van der Waals surface area contributed by atoms with Crippen LogP contribution in [0, 0.1) is 0 Å². The second-order valence-electron chi connectivity index (χ2n) is 5.24. The molecule has 0 fully saturated rings. The van der Waals surface area contributed by atoms with Gasteiger partial charge in [0.25, 0.3) is 0 Å². The number of benzene rings is 2. The molecule has 23 heavy (non-hydrogen) atoms. The number of ether oxygens (including phenoxy) is 1. The highest BCUT2D eigenvalue weighted by Gasteiger charge is 2.23. The van der Waals surface area contributed by atoms with Crippen molar-refractivity contribution in [2.24, 2.45) is 0 Å². The van der Waals surface area contributed by atoms with Gasteiger partial charge in [0, 0.05) is 22.0 Å². The Kier molecular flexibility index (Phi) is 3.83. The molecule has 1 aliphatic heterocycles. The lowest BCUT2D eigenvalue weighted by molar-refractivity contribution is 0.435. The van der Waals surface area contributed by atoms with E-state index < -0.39 is 0 Å². The van der Waals surface area contributed by atoms with Crippen LogP contribution < -0.4 is 4.74 Å². The van der Waals surface area contributed by atoms with E-state index in [1.807, 2.05) is 48.7 Å². The number of thioether (sulfide) groups is 1. The predicted octanol–water partition coefficient (Wildman–Crippen LogP) is 5.32. The number of aromatic nitrogens is 2. The molecular weight excluding hydrogens is 372 g/mol. The largest absolute Gasteiger partial charge is 0.438 e. The lowest BCUT2D eigenvalue weighted by Gasteiger charge is -2.21. The Morgan fingerprint density at radius 2 is 1.91 bits per heavy atom. The zero-order valence-electron chi connectivity index (χ0n) is 12.4. The highest BCUT2D eigenvalue weighted by molar-refractivity contribution is 9.10. The van der Waals surface area contributed by atoms with Crippen molar-refractivity contribution in [2.75, 3.05) is 6.26 Å². The lowest BCUT2D eigenvalue weighted by Crippen LogP contribution is -2.09. The molecule has 2 heterocycles. The second-order valence-corrected chi connectivity index (χ2v) is 6.95. The van der Waals surface area contributed by atoms with E-state index in [-0.39, 0.29) is 0 Å². The molecule has 1 aliphatic rings. The third-order valence-electron chi connectivity index (χ3n) is 3.75. The van der Waals surface area contributed by atoms with Crippen molar-refractivity contribution >= 4 is 27.7 Å². The highest BCUT2D eigenvalue weighted by Crippen LogP contribution is 2.40. The third kappa shape index (κ3) is 2.75. The Bertz CT molecular complexity index is 884. The van der Waals surface area contributed by atoms with Gasteiger partial charge in [0.2, 0.25) is 5.88 Å². The van der Waals surface area contributed by atoms with Crippen molar-refractivity contribution in [3.05, 3.63) is 64.1 Å². The molecular formula is C18H13BrN2OS.